The number of carbonyl (C=O) groups excluding carboxylic acids is 1. The summed E-state index contributed by atoms with van der Waals surface area (Å²) in [4.78, 5) is 27.6. The number of fused-ring (bicyclic) bond motifs is 1. The molecule has 0 saturated carbocycles. The van der Waals surface area contributed by atoms with Crippen LogP contribution in [0.3, 0.4) is 0 Å². The lowest BCUT2D eigenvalue weighted by atomic mass is 10.1. The van der Waals surface area contributed by atoms with Crippen molar-refractivity contribution in [3.05, 3.63) is 71.3 Å². The van der Waals surface area contributed by atoms with Crippen LogP contribution in [0.4, 0.5) is 5.82 Å². The quantitative estimate of drug-likeness (QED) is 0.211. The summed E-state index contributed by atoms with van der Waals surface area (Å²) >= 11 is 3.21. The van der Waals surface area contributed by atoms with Gasteiger partial charge in [0.25, 0.3) is 5.91 Å². The van der Waals surface area contributed by atoms with E-state index in [2.05, 4.69) is 49.9 Å². The van der Waals surface area contributed by atoms with E-state index in [4.69, 9.17) is 14.7 Å². The van der Waals surface area contributed by atoms with Crippen LogP contribution in [0.25, 0.3) is 31.4 Å². The van der Waals surface area contributed by atoms with E-state index in [1.807, 2.05) is 36.6 Å². The number of thiophene rings is 2. The largest absolute Gasteiger partial charge is 0.492 e. The number of aromatic nitrogens is 2. The summed E-state index contributed by atoms with van der Waals surface area (Å²) in [5.41, 5.74) is 6.83. The van der Waals surface area contributed by atoms with Crippen LogP contribution in [0.5, 0.6) is 5.75 Å². The fourth-order valence-electron chi connectivity index (χ4n) is 4.44. The Morgan fingerprint density at radius 1 is 1.13 bits per heavy atom. The van der Waals surface area contributed by atoms with Gasteiger partial charge in [0.1, 0.15) is 17.2 Å². The Morgan fingerprint density at radius 3 is 2.59 bits per heavy atom. The molecule has 0 spiro atoms. The first kappa shape index (κ1) is 27.1. The van der Waals surface area contributed by atoms with E-state index in [0.29, 0.717) is 23.9 Å². The third-order valence-corrected chi connectivity index (χ3v) is 8.89. The summed E-state index contributed by atoms with van der Waals surface area (Å²) < 4.78 is 6.00. The smallest absolute Gasteiger partial charge is 0.270 e. The lowest BCUT2D eigenvalue weighted by Crippen LogP contribution is -2.30. The highest BCUT2D eigenvalue weighted by Gasteiger charge is 2.26. The maximum Gasteiger partial charge on any atom is 0.270 e. The number of unbranched alkanes of at least 4 members (excludes halogenated alkanes) is 1. The van der Waals surface area contributed by atoms with E-state index < -0.39 is 0 Å². The highest BCUT2D eigenvalue weighted by atomic mass is 32.1. The molecule has 5 rings (SSSR count). The van der Waals surface area contributed by atoms with Gasteiger partial charge in [-0.05, 0) is 86.3 Å². The number of amides is 1. The molecule has 39 heavy (non-hydrogen) atoms. The number of hydrogen-bond acceptors (Lipinski definition) is 8. The van der Waals surface area contributed by atoms with Crippen LogP contribution in [-0.4, -0.2) is 52.5 Å². The zero-order valence-corrected chi connectivity index (χ0v) is 24.4. The van der Waals surface area contributed by atoms with Gasteiger partial charge in [-0.1, -0.05) is 26.0 Å². The van der Waals surface area contributed by atoms with Crippen molar-refractivity contribution in [2.45, 2.75) is 33.6 Å². The van der Waals surface area contributed by atoms with Gasteiger partial charge in [-0.25, -0.2) is 15.0 Å². The average Bonchev–Trinajstić information content (AvgIpc) is 3.64. The predicted octanol–water partition coefficient (Wildman–Crippen LogP) is 7.14. The summed E-state index contributed by atoms with van der Waals surface area (Å²) in [5, 5.41) is 4.36. The van der Waals surface area contributed by atoms with E-state index in [1.165, 1.54) is 17.9 Å². The van der Waals surface area contributed by atoms with Crippen LogP contribution in [0.1, 0.15) is 32.3 Å². The number of nitrogens with zero attached hydrogens (tertiary/aromatic N) is 4. The number of carbonyl (C=O) groups is 1. The van der Waals surface area contributed by atoms with Crippen LogP contribution in [0, 0.1) is 6.92 Å². The number of aryl methyl sites for hydroxylation is 1. The molecule has 3 aromatic heterocycles. The maximum atomic E-state index is 12.6. The molecule has 1 N–H and O–H groups in total. The van der Waals surface area contributed by atoms with Crippen molar-refractivity contribution >= 4 is 44.6 Å². The van der Waals surface area contributed by atoms with E-state index >= 15 is 0 Å². The zero-order valence-electron chi connectivity index (χ0n) is 22.8. The highest BCUT2D eigenvalue weighted by molar-refractivity contribution is 7.22. The minimum atomic E-state index is -0.165. The van der Waals surface area contributed by atoms with Gasteiger partial charge in [0.15, 0.2) is 11.6 Å². The van der Waals surface area contributed by atoms with Crippen LogP contribution in [0.2, 0.25) is 0 Å². The number of allylic oxidation sites excluding steroid dienone is 1. The van der Waals surface area contributed by atoms with Gasteiger partial charge in [-0.15, -0.1) is 22.7 Å². The Balaban J connectivity index is 1.43. The molecule has 9 heteroatoms. The molecule has 4 heterocycles. The van der Waals surface area contributed by atoms with Gasteiger partial charge in [0, 0.05) is 17.5 Å². The molecule has 1 aliphatic rings. The summed E-state index contributed by atoms with van der Waals surface area (Å²) in [7, 11) is 2.13. The minimum absolute atomic E-state index is 0.165. The fraction of sp³-hybridized carbons (Fsp3) is 0.300. The van der Waals surface area contributed by atoms with E-state index in [9.17, 15) is 4.79 Å². The summed E-state index contributed by atoms with van der Waals surface area (Å²) in [5.74, 6) is 1.91. The Hall–Kier alpha value is -3.53. The number of rotatable bonds is 11. The van der Waals surface area contributed by atoms with Gasteiger partial charge in [-0.3, -0.25) is 10.2 Å². The molecule has 0 atom stereocenters. The van der Waals surface area contributed by atoms with Gasteiger partial charge >= 0.3 is 0 Å². The minimum Gasteiger partial charge on any atom is -0.492 e. The Kier molecular flexibility index (Phi) is 8.11. The average molecular weight is 560 g/mol. The number of hydrazine groups is 1. The van der Waals surface area contributed by atoms with Gasteiger partial charge in [0.05, 0.1) is 16.0 Å². The van der Waals surface area contributed by atoms with Gasteiger partial charge in [-0.2, -0.15) is 0 Å². The van der Waals surface area contributed by atoms with E-state index in [-0.39, 0.29) is 5.91 Å². The molecular weight excluding hydrogens is 526 g/mol. The van der Waals surface area contributed by atoms with E-state index in [1.54, 1.807) is 28.7 Å². The molecule has 0 aliphatic carbocycles. The van der Waals surface area contributed by atoms with Crippen LogP contribution in [-0.2, 0) is 4.79 Å². The van der Waals surface area contributed by atoms with Crippen molar-refractivity contribution < 1.29 is 9.53 Å². The summed E-state index contributed by atoms with van der Waals surface area (Å²) in [6.07, 6.45) is 3.98. The van der Waals surface area contributed by atoms with Crippen molar-refractivity contribution in [2.75, 3.05) is 32.2 Å². The molecule has 0 radical (unpaired) electrons. The lowest BCUT2D eigenvalue weighted by molar-refractivity contribution is -0.122. The second-order valence-corrected chi connectivity index (χ2v) is 11.6. The topological polar surface area (TPSA) is 70.6 Å². The third kappa shape index (κ3) is 5.75. The molecule has 1 aliphatic heterocycles. The van der Waals surface area contributed by atoms with Crippen molar-refractivity contribution in [2.24, 2.45) is 0 Å². The molecule has 4 aromatic rings. The standard InChI is InChI=1S/C30H33N5O2S2/c1-6-7-14-34(5)15-16-37-23-12-10-22(11-13-23)27-20(3)26-29(33-35-21(4)19(2)18-25(35)36)31-28(32-30(26)39-27)24-9-8-17-38-24/h8-13,17-18H,4,6-7,14-16H2,1-3,5H3,(H,31,32,33). The van der Waals surface area contributed by atoms with E-state index in [0.717, 1.165) is 55.5 Å². The maximum absolute atomic E-state index is 12.6. The van der Waals surface area contributed by atoms with Crippen molar-refractivity contribution in [3.63, 3.8) is 0 Å². The summed E-state index contributed by atoms with van der Waals surface area (Å²) in [6, 6.07) is 12.2. The van der Waals surface area contributed by atoms with Crippen molar-refractivity contribution in [3.8, 4) is 26.9 Å². The molecule has 0 bridgehead atoms. The second-order valence-electron chi connectivity index (χ2n) is 9.70. The molecule has 0 fully saturated rings. The first-order valence-electron chi connectivity index (χ1n) is 13.1. The number of nitrogens with one attached hydrogen (secondary N) is 1. The normalized spacial score (nSPS) is 13.6. The Labute approximate surface area is 237 Å². The molecule has 1 amide bonds. The molecular formula is C30H33N5O2S2. The fourth-order valence-corrected chi connectivity index (χ4v) is 6.29. The Bertz CT molecular complexity index is 1520. The SMILES string of the molecule is C=C1C(C)=CC(=O)N1Nc1nc(-c2cccs2)nc2sc(-c3ccc(OCCN(C)CCCC)cc3)c(C)c12. The molecule has 0 saturated heterocycles. The molecule has 202 valence electrons. The zero-order chi connectivity index (χ0) is 27.5. The molecule has 7 nitrogen and oxygen atoms in total. The van der Waals surface area contributed by atoms with Crippen molar-refractivity contribution in [1.82, 2.24) is 19.9 Å². The predicted molar refractivity (Wildman–Crippen MR) is 162 cm³/mol. The van der Waals surface area contributed by atoms with Crippen molar-refractivity contribution in [1.29, 1.82) is 0 Å². The molecule has 0 unspecified atom stereocenters. The third-order valence-electron chi connectivity index (χ3n) is 6.79. The number of hydrogen-bond donors (Lipinski definition) is 1. The second kappa shape index (κ2) is 11.7. The Morgan fingerprint density at radius 2 is 1.92 bits per heavy atom. The highest BCUT2D eigenvalue weighted by Crippen LogP contribution is 2.42. The van der Waals surface area contributed by atoms with Gasteiger partial charge in [0.2, 0.25) is 0 Å². The number of benzene rings is 1. The molecule has 1 aromatic carbocycles. The summed E-state index contributed by atoms with van der Waals surface area (Å²) in [6.45, 7) is 12.9. The monoisotopic (exact) mass is 559 g/mol. The van der Waals surface area contributed by atoms with Crippen LogP contribution >= 0.6 is 22.7 Å². The van der Waals surface area contributed by atoms with Gasteiger partial charge < -0.3 is 9.64 Å². The number of anilines is 1. The first-order valence-corrected chi connectivity index (χ1v) is 14.8. The first-order chi connectivity index (χ1) is 18.9. The van der Waals surface area contributed by atoms with Crippen LogP contribution < -0.4 is 10.2 Å². The number of ether oxygens (including phenoxy) is 1. The van der Waals surface area contributed by atoms with Crippen LogP contribution in [0.15, 0.2) is 65.7 Å². The lowest BCUT2D eigenvalue weighted by Gasteiger charge is -2.20. The number of likely N-dealkylation sites (N-methyl/N-ethyl adjacent to an activating group) is 1.